The van der Waals surface area contributed by atoms with Crippen LogP contribution in [0.1, 0.15) is 39.7 Å². The number of amides is 1. The second kappa shape index (κ2) is 9.80. The molecular weight excluding hydrogens is 270 g/mol. The summed E-state index contributed by atoms with van der Waals surface area (Å²) in [7, 11) is 0. The number of carbonyl (C=O) groups is 2. The van der Waals surface area contributed by atoms with E-state index < -0.39 is 11.6 Å². The minimum absolute atomic E-state index is 0.112. The van der Waals surface area contributed by atoms with Gasteiger partial charge in [0, 0.05) is 6.54 Å². The first-order valence-electron chi connectivity index (χ1n) is 6.97. The van der Waals surface area contributed by atoms with Crippen LogP contribution in [0, 0.1) is 0 Å². The van der Waals surface area contributed by atoms with Gasteiger partial charge in [0.2, 0.25) is 0 Å². The lowest BCUT2D eigenvalue weighted by Crippen LogP contribution is -2.32. The van der Waals surface area contributed by atoms with Crippen LogP contribution >= 0.6 is 0 Å². The van der Waals surface area contributed by atoms with Crippen LogP contribution in [0.3, 0.4) is 0 Å². The van der Waals surface area contributed by atoms with Crippen molar-refractivity contribution in [1.82, 2.24) is 5.32 Å². The van der Waals surface area contributed by atoms with Gasteiger partial charge in [-0.25, -0.2) is 4.79 Å². The van der Waals surface area contributed by atoms with Crippen LogP contribution in [-0.2, 0) is 16.0 Å². The van der Waals surface area contributed by atoms with Crippen molar-refractivity contribution in [2.45, 2.75) is 46.1 Å². The van der Waals surface area contributed by atoms with E-state index in [4.69, 9.17) is 9.84 Å². The Morgan fingerprint density at radius 2 is 1.76 bits per heavy atom. The Labute approximate surface area is 126 Å². The van der Waals surface area contributed by atoms with Crippen LogP contribution in [0.4, 0.5) is 4.79 Å². The summed E-state index contributed by atoms with van der Waals surface area (Å²) in [5.41, 5.74) is 0.452. The van der Waals surface area contributed by atoms with Crippen LogP contribution in [0.5, 0.6) is 0 Å². The molecule has 0 unspecified atom stereocenters. The molecule has 0 saturated heterocycles. The second-order valence-electron chi connectivity index (χ2n) is 5.48. The highest BCUT2D eigenvalue weighted by Crippen LogP contribution is 2.06. The van der Waals surface area contributed by atoms with Crippen LogP contribution in [0.2, 0.25) is 0 Å². The zero-order valence-corrected chi connectivity index (χ0v) is 13.2. The van der Waals surface area contributed by atoms with E-state index in [1.807, 2.05) is 45.9 Å². The average molecular weight is 295 g/mol. The number of rotatable bonds is 4. The van der Waals surface area contributed by atoms with Crippen molar-refractivity contribution < 1.29 is 19.4 Å². The zero-order chi connectivity index (χ0) is 16.3. The lowest BCUT2D eigenvalue weighted by molar-refractivity contribution is -0.136. The fourth-order valence-corrected chi connectivity index (χ4v) is 1.31. The molecule has 0 aromatic heterocycles. The molecule has 21 heavy (non-hydrogen) atoms. The maximum absolute atomic E-state index is 10.9. The van der Waals surface area contributed by atoms with Crippen molar-refractivity contribution in [3.63, 3.8) is 0 Å². The van der Waals surface area contributed by atoms with E-state index in [1.54, 1.807) is 12.1 Å². The van der Waals surface area contributed by atoms with Gasteiger partial charge >= 0.3 is 12.1 Å². The molecule has 5 nitrogen and oxygen atoms in total. The molecule has 5 heteroatoms. The summed E-state index contributed by atoms with van der Waals surface area (Å²) in [5, 5.41) is 11.0. The number of ether oxygens (including phenoxy) is 1. The molecule has 0 aliphatic rings. The Bertz CT molecular complexity index is 424. The quantitative estimate of drug-likeness (QED) is 0.894. The third kappa shape index (κ3) is 12.7. The number of benzene rings is 1. The summed E-state index contributed by atoms with van der Waals surface area (Å²) in [4.78, 5) is 21.1. The van der Waals surface area contributed by atoms with Crippen LogP contribution in [0.25, 0.3) is 0 Å². The van der Waals surface area contributed by atoms with E-state index in [9.17, 15) is 9.59 Å². The van der Waals surface area contributed by atoms with Gasteiger partial charge in [-0.05, 0) is 32.8 Å². The van der Waals surface area contributed by atoms with Gasteiger partial charge in [-0.15, -0.1) is 0 Å². The molecule has 0 atom stereocenters. The maximum Gasteiger partial charge on any atom is 0.407 e. The van der Waals surface area contributed by atoms with Crippen molar-refractivity contribution in [1.29, 1.82) is 0 Å². The van der Waals surface area contributed by atoms with Gasteiger partial charge in [-0.1, -0.05) is 37.3 Å². The molecular formula is C16H25NO4. The summed E-state index contributed by atoms with van der Waals surface area (Å²) in [6.45, 7) is 8.21. The van der Waals surface area contributed by atoms with E-state index in [0.29, 0.717) is 6.54 Å². The molecule has 118 valence electrons. The Balaban J connectivity index is 0.000000382. The fourth-order valence-electron chi connectivity index (χ4n) is 1.31. The Morgan fingerprint density at radius 1 is 1.19 bits per heavy atom. The molecule has 1 amide bonds. The predicted molar refractivity (Wildman–Crippen MR) is 82.3 cm³/mol. The van der Waals surface area contributed by atoms with E-state index in [2.05, 4.69) is 5.32 Å². The van der Waals surface area contributed by atoms with Gasteiger partial charge in [0.25, 0.3) is 0 Å². The minimum Gasteiger partial charge on any atom is -0.481 e. The molecule has 0 radical (unpaired) electrons. The number of alkyl carbamates (subject to hydrolysis) is 1. The highest BCUT2D eigenvalue weighted by atomic mass is 16.6. The van der Waals surface area contributed by atoms with Crippen molar-refractivity contribution in [2.24, 2.45) is 0 Å². The van der Waals surface area contributed by atoms with Crippen molar-refractivity contribution >= 4 is 12.1 Å². The maximum atomic E-state index is 10.9. The number of carboxylic acids is 1. The third-order valence-electron chi connectivity index (χ3n) is 2.12. The normalized spacial score (nSPS) is 10.1. The average Bonchev–Trinajstić information content (AvgIpc) is 2.35. The van der Waals surface area contributed by atoms with Crippen LogP contribution < -0.4 is 5.32 Å². The lowest BCUT2D eigenvalue weighted by Gasteiger charge is -2.19. The molecule has 2 N–H and O–H groups in total. The standard InChI is InChI=1S/C8H17NO2.C8H8O2/c1-5-6-9-7(10)11-8(2,3)4;9-8(10)6-7-4-2-1-3-5-7/h5-6H2,1-4H3,(H,9,10);1-5H,6H2,(H,9,10). The summed E-state index contributed by atoms with van der Waals surface area (Å²) >= 11 is 0. The van der Waals surface area contributed by atoms with E-state index in [1.165, 1.54) is 0 Å². The number of hydrogen-bond acceptors (Lipinski definition) is 3. The first kappa shape index (κ1) is 19.0. The van der Waals surface area contributed by atoms with Gasteiger partial charge in [-0.2, -0.15) is 0 Å². The van der Waals surface area contributed by atoms with Gasteiger partial charge in [-0.3, -0.25) is 4.79 Å². The molecule has 0 spiro atoms. The number of carbonyl (C=O) groups excluding carboxylic acids is 1. The smallest absolute Gasteiger partial charge is 0.407 e. The van der Waals surface area contributed by atoms with E-state index in [0.717, 1.165) is 12.0 Å². The lowest BCUT2D eigenvalue weighted by atomic mass is 10.2. The van der Waals surface area contributed by atoms with E-state index in [-0.39, 0.29) is 12.5 Å². The van der Waals surface area contributed by atoms with Crippen molar-refractivity contribution in [3.05, 3.63) is 35.9 Å². The highest BCUT2D eigenvalue weighted by Gasteiger charge is 2.14. The Hall–Kier alpha value is -2.04. The predicted octanol–water partition coefficient (Wildman–Crippen LogP) is 3.23. The molecule has 0 bridgehead atoms. The summed E-state index contributed by atoms with van der Waals surface area (Å²) < 4.78 is 4.99. The largest absolute Gasteiger partial charge is 0.481 e. The Morgan fingerprint density at radius 3 is 2.19 bits per heavy atom. The SMILES string of the molecule is CCCNC(=O)OC(C)(C)C.O=C(O)Cc1ccccc1. The van der Waals surface area contributed by atoms with Crippen molar-refractivity contribution in [3.8, 4) is 0 Å². The number of aliphatic carboxylic acids is 1. The molecule has 1 aromatic carbocycles. The monoisotopic (exact) mass is 295 g/mol. The molecule has 1 aromatic rings. The van der Waals surface area contributed by atoms with Gasteiger partial charge in [0.05, 0.1) is 6.42 Å². The summed E-state index contributed by atoms with van der Waals surface area (Å²) in [5.74, 6) is -0.786. The second-order valence-corrected chi connectivity index (χ2v) is 5.48. The van der Waals surface area contributed by atoms with Crippen molar-refractivity contribution in [2.75, 3.05) is 6.54 Å². The first-order valence-corrected chi connectivity index (χ1v) is 6.97. The third-order valence-corrected chi connectivity index (χ3v) is 2.12. The van der Waals surface area contributed by atoms with Gasteiger partial charge in [0.1, 0.15) is 5.60 Å². The fraction of sp³-hybridized carbons (Fsp3) is 0.500. The first-order chi connectivity index (χ1) is 9.74. The number of nitrogens with one attached hydrogen (secondary N) is 1. The van der Waals surface area contributed by atoms with Crippen LogP contribution in [0.15, 0.2) is 30.3 Å². The topological polar surface area (TPSA) is 75.6 Å². The van der Waals surface area contributed by atoms with Crippen LogP contribution in [-0.4, -0.2) is 29.3 Å². The molecule has 1 rings (SSSR count). The molecule has 0 aliphatic heterocycles. The zero-order valence-electron chi connectivity index (χ0n) is 13.2. The van der Waals surface area contributed by atoms with Gasteiger partial charge < -0.3 is 15.2 Å². The molecule has 0 fully saturated rings. The summed E-state index contributed by atoms with van der Waals surface area (Å²) in [6.07, 6.45) is 0.708. The molecule has 0 heterocycles. The summed E-state index contributed by atoms with van der Waals surface area (Å²) in [6, 6.07) is 9.13. The Kier molecular flexibility index (Phi) is 8.85. The molecule has 0 saturated carbocycles. The number of hydrogen-bond donors (Lipinski definition) is 2. The number of carboxylic acid groups (broad SMARTS) is 1. The molecule has 0 aliphatic carbocycles. The van der Waals surface area contributed by atoms with E-state index >= 15 is 0 Å². The minimum atomic E-state index is -0.786. The van der Waals surface area contributed by atoms with Gasteiger partial charge in [0.15, 0.2) is 0 Å². The highest BCUT2D eigenvalue weighted by molar-refractivity contribution is 5.70.